The van der Waals surface area contributed by atoms with Crippen molar-refractivity contribution in [3.63, 3.8) is 0 Å². The lowest BCUT2D eigenvalue weighted by Gasteiger charge is -2.03. The van der Waals surface area contributed by atoms with Gasteiger partial charge in [-0.2, -0.15) is 0 Å². The maximum Gasteiger partial charge on any atom is 0.119 e. The molecule has 0 aliphatic heterocycles. The zero-order chi connectivity index (χ0) is 10.2. The zero-order valence-electron chi connectivity index (χ0n) is 8.18. The summed E-state index contributed by atoms with van der Waals surface area (Å²) in [6, 6.07) is 7.82. The Morgan fingerprint density at radius 1 is 1.36 bits per heavy atom. The van der Waals surface area contributed by atoms with Gasteiger partial charge in [0.2, 0.25) is 0 Å². The lowest BCUT2D eigenvalue weighted by molar-refractivity contribution is 0.340. The van der Waals surface area contributed by atoms with Gasteiger partial charge in [-0.15, -0.1) is 0 Å². The van der Waals surface area contributed by atoms with Crippen LogP contribution in [0.2, 0.25) is 0 Å². The van der Waals surface area contributed by atoms with Crippen molar-refractivity contribution in [2.75, 3.05) is 13.2 Å². The van der Waals surface area contributed by atoms with Gasteiger partial charge in [0, 0.05) is 11.5 Å². The maximum absolute atomic E-state index is 8.10. The molecular weight excluding hydrogens is 178 g/mol. The van der Waals surface area contributed by atoms with Crippen LogP contribution in [0.1, 0.15) is 12.5 Å². The average molecular weight is 191 g/mol. The molecule has 0 unspecified atom stereocenters. The van der Waals surface area contributed by atoms with Crippen molar-refractivity contribution in [3.8, 4) is 5.75 Å². The SMILES string of the molecule is CCOc1ccc(CCN=[N+]=[N-])cc1. The molecule has 4 heteroatoms. The highest BCUT2D eigenvalue weighted by molar-refractivity contribution is 5.27. The van der Waals surface area contributed by atoms with E-state index in [0.717, 1.165) is 17.7 Å². The van der Waals surface area contributed by atoms with Crippen LogP contribution in [0.3, 0.4) is 0 Å². The highest BCUT2D eigenvalue weighted by atomic mass is 16.5. The number of azide groups is 1. The molecule has 0 saturated carbocycles. The van der Waals surface area contributed by atoms with Gasteiger partial charge in [-0.05, 0) is 36.6 Å². The van der Waals surface area contributed by atoms with Gasteiger partial charge >= 0.3 is 0 Å². The summed E-state index contributed by atoms with van der Waals surface area (Å²) in [5, 5.41) is 3.48. The molecule has 1 aromatic rings. The van der Waals surface area contributed by atoms with E-state index in [1.54, 1.807) is 0 Å². The Morgan fingerprint density at radius 3 is 2.64 bits per heavy atom. The van der Waals surface area contributed by atoms with Crippen LogP contribution < -0.4 is 4.74 Å². The summed E-state index contributed by atoms with van der Waals surface area (Å²) < 4.78 is 5.30. The van der Waals surface area contributed by atoms with Crippen LogP contribution in [-0.2, 0) is 6.42 Å². The molecule has 0 saturated heterocycles. The fourth-order valence-electron chi connectivity index (χ4n) is 1.14. The van der Waals surface area contributed by atoms with Crippen molar-refractivity contribution >= 4 is 0 Å². The predicted octanol–water partition coefficient (Wildman–Crippen LogP) is 2.94. The fourth-order valence-corrected chi connectivity index (χ4v) is 1.14. The van der Waals surface area contributed by atoms with Crippen molar-refractivity contribution < 1.29 is 4.74 Å². The van der Waals surface area contributed by atoms with Crippen molar-refractivity contribution in [1.82, 2.24) is 0 Å². The number of benzene rings is 1. The third-order valence-corrected chi connectivity index (χ3v) is 1.80. The Hall–Kier alpha value is -1.67. The molecule has 1 rings (SSSR count). The lowest BCUT2D eigenvalue weighted by Crippen LogP contribution is -1.92. The smallest absolute Gasteiger partial charge is 0.119 e. The van der Waals surface area contributed by atoms with Crippen molar-refractivity contribution in [2.24, 2.45) is 5.11 Å². The van der Waals surface area contributed by atoms with Gasteiger partial charge in [0.15, 0.2) is 0 Å². The highest BCUT2D eigenvalue weighted by Gasteiger charge is 1.93. The van der Waals surface area contributed by atoms with Gasteiger partial charge in [0.1, 0.15) is 5.75 Å². The summed E-state index contributed by atoms with van der Waals surface area (Å²) in [6.45, 7) is 3.14. The first-order valence-corrected chi connectivity index (χ1v) is 4.59. The Bertz CT molecular complexity index is 315. The van der Waals surface area contributed by atoms with Crippen molar-refractivity contribution in [1.29, 1.82) is 0 Å². The van der Waals surface area contributed by atoms with Gasteiger partial charge in [0.05, 0.1) is 6.61 Å². The van der Waals surface area contributed by atoms with Gasteiger partial charge < -0.3 is 4.74 Å². The van der Waals surface area contributed by atoms with Gasteiger partial charge in [-0.3, -0.25) is 0 Å². The van der Waals surface area contributed by atoms with Gasteiger partial charge in [-0.1, -0.05) is 17.2 Å². The maximum atomic E-state index is 8.10. The molecule has 0 spiro atoms. The van der Waals surface area contributed by atoms with Crippen LogP contribution in [0.5, 0.6) is 5.75 Å². The molecule has 0 fully saturated rings. The first-order valence-electron chi connectivity index (χ1n) is 4.59. The third-order valence-electron chi connectivity index (χ3n) is 1.80. The lowest BCUT2D eigenvalue weighted by atomic mass is 10.1. The molecule has 0 bridgehead atoms. The molecule has 1 aromatic carbocycles. The first kappa shape index (κ1) is 10.4. The quantitative estimate of drug-likeness (QED) is 0.401. The Kier molecular flexibility index (Phi) is 4.38. The van der Waals surface area contributed by atoms with Crippen LogP contribution >= 0.6 is 0 Å². The van der Waals surface area contributed by atoms with E-state index < -0.39 is 0 Å². The number of hydrogen-bond acceptors (Lipinski definition) is 2. The largest absolute Gasteiger partial charge is 0.494 e. The van der Waals surface area contributed by atoms with Crippen LogP contribution in [-0.4, -0.2) is 13.2 Å². The summed E-state index contributed by atoms with van der Waals surface area (Å²) >= 11 is 0. The molecule has 0 heterocycles. The molecule has 0 radical (unpaired) electrons. The first-order chi connectivity index (χ1) is 6.86. The molecule has 0 aromatic heterocycles. The molecular formula is C10H13N3O. The van der Waals surface area contributed by atoms with Crippen molar-refractivity contribution in [3.05, 3.63) is 40.3 Å². The zero-order valence-corrected chi connectivity index (χ0v) is 8.18. The molecule has 14 heavy (non-hydrogen) atoms. The summed E-state index contributed by atoms with van der Waals surface area (Å²) in [6.07, 6.45) is 0.774. The van der Waals surface area contributed by atoms with Gasteiger partial charge in [0.25, 0.3) is 0 Å². The predicted molar refractivity (Wildman–Crippen MR) is 55.3 cm³/mol. The molecule has 0 N–H and O–H groups in total. The topological polar surface area (TPSA) is 58.0 Å². The summed E-state index contributed by atoms with van der Waals surface area (Å²) in [5.74, 6) is 0.875. The minimum Gasteiger partial charge on any atom is -0.494 e. The van der Waals surface area contributed by atoms with Gasteiger partial charge in [-0.25, -0.2) is 0 Å². The van der Waals surface area contributed by atoms with E-state index in [0.29, 0.717) is 13.2 Å². The summed E-state index contributed by atoms with van der Waals surface area (Å²) in [4.78, 5) is 2.70. The van der Waals surface area contributed by atoms with E-state index in [2.05, 4.69) is 10.0 Å². The van der Waals surface area contributed by atoms with E-state index >= 15 is 0 Å². The average Bonchev–Trinajstić information content (AvgIpc) is 2.21. The Balaban J connectivity index is 2.50. The number of ether oxygens (including phenoxy) is 1. The van der Waals surface area contributed by atoms with E-state index in [9.17, 15) is 0 Å². The molecule has 0 aliphatic rings. The minimum absolute atomic E-state index is 0.504. The minimum atomic E-state index is 0.504. The second kappa shape index (κ2) is 5.89. The number of rotatable bonds is 5. The molecule has 4 nitrogen and oxygen atoms in total. The van der Waals surface area contributed by atoms with E-state index in [1.165, 1.54) is 0 Å². The number of nitrogens with zero attached hydrogens (tertiary/aromatic N) is 3. The van der Waals surface area contributed by atoms with E-state index in [1.807, 2.05) is 31.2 Å². The second-order valence-electron chi connectivity index (χ2n) is 2.78. The Labute approximate surface area is 83.1 Å². The molecule has 0 atom stereocenters. The van der Waals surface area contributed by atoms with Crippen LogP contribution in [0.4, 0.5) is 0 Å². The van der Waals surface area contributed by atoms with Crippen molar-refractivity contribution in [2.45, 2.75) is 13.3 Å². The fraction of sp³-hybridized carbons (Fsp3) is 0.400. The number of hydrogen-bond donors (Lipinski definition) is 0. The molecule has 0 amide bonds. The summed E-state index contributed by atoms with van der Waals surface area (Å²) in [5.41, 5.74) is 9.25. The standard InChI is InChI=1S/C10H13N3O/c1-2-14-10-5-3-9(4-6-10)7-8-12-13-11/h3-6H,2,7-8H2,1H3. The van der Waals surface area contributed by atoms with Crippen LogP contribution in [0.25, 0.3) is 10.4 Å². The van der Waals surface area contributed by atoms with Crippen LogP contribution in [0.15, 0.2) is 29.4 Å². The van der Waals surface area contributed by atoms with Crippen LogP contribution in [0, 0.1) is 0 Å². The second-order valence-corrected chi connectivity index (χ2v) is 2.78. The molecule has 0 aliphatic carbocycles. The van der Waals surface area contributed by atoms with E-state index in [-0.39, 0.29) is 0 Å². The van der Waals surface area contributed by atoms with E-state index in [4.69, 9.17) is 10.3 Å². The Morgan fingerprint density at radius 2 is 2.07 bits per heavy atom. The monoisotopic (exact) mass is 191 g/mol. The molecule has 74 valence electrons. The third kappa shape index (κ3) is 3.37. The normalized spacial score (nSPS) is 9.21. The highest BCUT2D eigenvalue weighted by Crippen LogP contribution is 2.12. The summed E-state index contributed by atoms with van der Waals surface area (Å²) in [7, 11) is 0.